The van der Waals surface area contributed by atoms with Crippen molar-refractivity contribution < 1.29 is 18.0 Å². The fourth-order valence-corrected chi connectivity index (χ4v) is 3.17. The molecule has 0 saturated carbocycles. The molecule has 18 heavy (non-hydrogen) atoms. The first-order valence-corrected chi connectivity index (χ1v) is 6.66. The largest absolute Gasteiger partial charge is 0.347 e. The highest BCUT2D eigenvalue weighted by molar-refractivity contribution is 7.90. The normalized spacial score (nSPS) is 16.6. The lowest BCUT2D eigenvalue weighted by molar-refractivity contribution is -0.128. The molecule has 0 bridgehead atoms. The molecule has 1 heterocycles. The number of fused-ring (bicyclic) bond motifs is 1. The predicted octanol–water partition coefficient (Wildman–Crippen LogP) is -0.0807. The average Bonchev–Trinajstić information content (AvgIpc) is 2.51. The van der Waals surface area contributed by atoms with Gasteiger partial charge in [0.2, 0.25) is 5.91 Å². The fourth-order valence-electron chi connectivity index (χ4n) is 1.65. The lowest BCUT2D eigenvalue weighted by atomic mass is 10.2. The first kappa shape index (κ1) is 12.6. The van der Waals surface area contributed by atoms with E-state index in [4.69, 9.17) is 0 Å². The van der Waals surface area contributed by atoms with Gasteiger partial charge in [0.25, 0.3) is 15.9 Å². The summed E-state index contributed by atoms with van der Waals surface area (Å²) in [6.07, 6.45) is 0. The van der Waals surface area contributed by atoms with Crippen LogP contribution in [-0.4, -0.2) is 50.1 Å². The molecule has 0 N–H and O–H groups in total. The number of hydrogen-bond donors (Lipinski definition) is 0. The molecular formula is C11H12N2O4S. The van der Waals surface area contributed by atoms with E-state index in [1.165, 1.54) is 31.1 Å². The van der Waals surface area contributed by atoms with Crippen LogP contribution in [0.25, 0.3) is 0 Å². The Kier molecular flexibility index (Phi) is 2.86. The van der Waals surface area contributed by atoms with Gasteiger partial charge in [-0.15, -0.1) is 0 Å². The van der Waals surface area contributed by atoms with Crippen LogP contribution in [0.2, 0.25) is 0 Å². The summed E-state index contributed by atoms with van der Waals surface area (Å²) in [6, 6.07) is 5.93. The zero-order chi connectivity index (χ0) is 13.5. The zero-order valence-electron chi connectivity index (χ0n) is 9.95. The minimum Gasteiger partial charge on any atom is -0.347 e. The molecule has 2 amide bonds. The molecule has 0 spiro atoms. The van der Waals surface area contributed by atoms with Gasteiger partial charge in [0, 0.05) is 14.1 Å². The van der Waals surface area contributed by atoms with Crippen molar-refractivity contribution in [2.24, 2.45) is 0 Å². The topological polar surface area (TPSA) is 74.8 Å². The lowest BCUT2D eigenvalue weighted by Crippen LogP contribution is -2.39. The number of nitrogens with zero attached hydrogens (tertiary/aromatic N) is 2. The van der Waals surface area contributed by atoms with E-state index in [1.807, 2.05) is 0 Å². The van der Waals surface area contributed by atoms with Gasteiger partial charge in [0.1, 0.15) is 11.4 Å². The number of amides is 2. The Morgan fingerprint density at radius 2 is 1.89 bits per heavy atom. The molecule has 0 radical (unpaired) electrons. The minimum absolute atomic E-state index is 0.0402. The number of likely N-dealkylation sites (N-methyl/N-ethyl adjacent to an activating group) is 1. The van der Waals surface area contributed by atoms with E-state index in [0.717, 1.165) is 0 Å². The quantitative estimate of drug-likeness (QED) is 0.752. The first-order chi connectivity index (χ1) is 8.35. The van der Waals surface area contributed by atoms with Crippen LogP contribution in [0.3, 0.4) is 0 Å². The third-order valence-corrected chi connectivity index (χ3v) is 4.48. The molecule has 0 saturated heterocycles. The van der Waals surface area contributed by atoms with E-state index in [9.17, 15) is 18.0 Å². The zero-order valence-corrected chi connectivity index (χ0v) is 10.8. The molecule has 0 aromatic heterocycles. The number of carbonyl (C=O) groups excluding carboxylic acids is 2. The maximum Gasteiger partial charge on any atom is 0.269 e. The van der Waals surface area contributed by atoms with E-state index in [0.29, 0.717) is 4.31 Å². The highest BCUT2D eigenvalue weighted by Crippen LogP contribution is 2.29. The maximum atomic E-state index is 12.1. The maximum absolute atomic E-state index is 12.1. The standard InChI is InChI=1S/C11H12N2O4S/c1-12(2)10(14)7-13-11(15)8-5-3-4-6-9(8)18(13,16)17/h3-6H,7H2,1-2H3. The monoisotopic (exact) mass is 268 g/mol. The third kappa shape index (κ3) is 1.76. The number of benzene rings is 1. The van der Waals surface area contributed by atoms with E-state index in [2.05, 4.69) is 0 Å². The Bertz CT molecular complexity index is 622. The van der Waals surface area contributed by atoms with Crippen LogP contribution in [0, 0.1) is 0 Å². The van der Waals surface area contributed by atoms with Crippen molar-refractivity contribution in [1.29, 1.82) is 0 Å². The van der Waals surface area contributed by atoms with Crippen LogP contribution in [0.15, 0.2) is 29.2 Å². The molecule has 6 nitrogen and oxygen atoms in total. The van der Waals surface area contributed by atoms with Crippen molar-refractivity contribution in [2.45, 2.75) is 4.90 Å². The molecular weight excluding hydrogens is 256 g/mol. The second-order valence-electron chi connectivity index (χ2n) is 4.10. The molecule has 1 aromatic rings. The van der Waals surface area contributed by atoms with Crippen molar-refractivity contribution in [3.63, 3.8) is 0 Å². The van der Waals surface area contributed by atoms with Gasteiger partial charge in [-0.25, -0.2) is 12.7 Å². The van der Waals surface area contributed by atoms with Crippen molar-refractivity contribution in [3.05, 3.63) is 29.8 Å². The minimum atomic E-state index is -3.89. The van der Waals surface area contributed by atoms with Gasteiger partial charge >= 0.3 is 0 Å². The summed E-state index contributed by atoms with van der Waals surface area (Å²) in [5, 5.41) is 0. The van der Waals surface area contributed by atoms with Crippen LogP contribution >= 0.6 is 0 Å². The van der Waals surface area contributed by atoms with Crippen molar-refractivity contribution in [3.8, 4) is 0 Å². The van der Waals surface area contributed by atoms with Crippen LogP contribution in [0.4, 0.5) is 0 Å². The van der Waals surface area contributed by atoms with Gasteiger partial charge in [-0.3, -0.25) is 9.59 Å². The molecule has 2 rings (SSSR count). The Labute approximate surface area is 105 Å². The molecule has 7 heteroatoms. The summed E-state index contributed by atoms with van der Waals surface area (Å²) in [7, 11) is -0.883. The molecule has 0 atom stereocenters. The van der Waals surface area contributed by atoms with Crippen LogP contribution in [0.1, 0.15) is 10.4 Å². The molecule has 0 fully saturated rings. The van der Waals surface area contributed by atoms with Gasteiger partial charge in [-0.1, -0.05) is 12.1 Å². The lowest BCUT2D eigenvalue weighted by Gasteiger charge is -2.17. The SMILES string of the molecule is CN(C)C(=O)CN1C(=O)c2ccccc2S1(=O)=O. The Hall–Kier alpha value is -1.89. The number of hydrogen-bond acceptors (Lipinski definition) is 4. The van der Waals surface area contributed by atoms with E-state index in [1.54, 1.807) is 12.1 Å². The third-order valence-electron chi connectivity index (χ3n) is 2.69. The van der Waals surface area contributed by atoms with Crippen molar-refractivity contribution in [2.75, 3.05) is 20.6 Å². The Morgan fingerprint density at radius 3 is 2.44 bits per heavy atom. The van der Waals surface area contributed by atoms with E-state index < -0.39 is 28.4 Å². The number of rotatable bonds is 2. The number of carbonyl (C=O) groups is 2. The summed E-state index contributed by atoms with van der Waals surface area (Å²) in [5.74, 6) is -1.10. The van der Waals surface area contributed by atoms with Gasteiger partial charge < -0.3 is 4.90 Å². The highest BCUT2D eigenvalue weighted by atomic mass is 32.2. The summed E-state index contributed by atoms with van der Waals surface area (Å²) in [5.41, 5.74) is 0.115. The van der Waals surface area contributed by atoms with Gasteiger partial charge in [-0.2, -0.15) is 0 Å². The molecule has 0 unspecified atom stereocenters. The smallest absolute Gasteiger partial charge is 0.269 e. The fraction of sp³-hybridized carbons (Fsp3) is 0.273. The average molecular weight is 268 g/mol. The number of sulfonamides is 1. The highest BCUT2D eigenvalue weighted by Gasteiger charge is 2.41. The summed E-state index contributed by atoms with van der Waals surface area (Å²) in [4.78, 5) is 24.7. The summed E-state index contributed by atoms with van der Waals surface area (Å²) in [6.45, 7) is -0.469. The first-order valence-electron chi connectivity index (χ1n) is 5.22. The van der Waals surface area contributed by atoms with E-state index >= 15 is 0 Å². The van der Waals surface area contributed by atoms with Crippen LogP contribution in [0.5, 0.6) is 0 Å². The van der Waals surface area contributed by atoms with Gasteiger partial charge in [0.15, 0.2) is 0 Å². The second kappa shape index (κ2) is 4.09. The molecule has 1 aliphatic rings. The summed E-state index contributed by atoms with van der Waals surface area (Å²) >= 11 is 0. The molecule has 1 aromatic carbocycles. The summed E-state index contributed by atoms with van der Waals surface area (Å²) < 4.78 is 24.8. The van der Waals surface area contributed by atoms with Crippen LogP contribution < -0.4 is 0 Å². The molecule has 0 aliphatic carbocycles. The van der Waals surface area contributed by atoms with E-state index in [-0.39, 0.29) is 10.5 Å². The van der Waals surface area contributed by atoms with Crippen molar-refractivity contribution >= 4 is 21.8 Å². The Balaban J connectivity index is 2.43. The van der Waals surface area contributed by atoms with Crippen molar-refractivity contribution in [1.82, 2.24) is 9.21 Å². The van der Waals surface area contributed by atoms with Crippen LogP contribution in [-0.2, 0) is 14.8 Å². The van der Waals surface area contributed by atoms with Gasteiger partial charge in [-0.05, 0) is 12.1 Å². The second-order valence-corrected chi connectivity index (χ2v) is 5.93. The molecule has 1 aliphatic heterocycles. The molecule has 96 valence electrons. The Morgan fingerprint density at radius 1 is 1.28 bits per heavy atom. The predicted molar refractivity (Wildman–Crippen MR) is 63.4 cm³/mol. The van der Waals surface area contributed by atoms with Gasteiger partial charge in [0.05, 0.1) is 5.56 Å².